The fourth-order valence-corrected chi connectivity index (χ4v) is 3.24. The van der Waals surface area contributed by atoms with Crippen molar-refractivity contribution in [1.29, 1.82) is 0 Å². The Kier molecular flexibility index (Phi) is 3.13. The van der Waals surface area contributed by atoms with Crippen molar-refractivity contribution in [2.75, 3.05) is 13.2 Å². The topological polar surface area (TPSA) is 35.2 Å². The Morgan fingerprint density at radius 3 is 2.50 bits per heavy atom. The van der Waals surface area contributed by atoms with Crippen molar-refractivity contribution >= 4 is 0 Å². The van der Waals surface area contributed by atoms with E-state index < -0.39 is 0 Å². The van der Waals surface area contributed by atoms with Crippen molar-refractivity contribution in [2.45, 2.75) is 51.0 Å². The second kappa shape index (κ2) is 4.19. The largest absolute Gasteiger partial charge is 0.381 e. The Morgan fingerprint density at radius 2 is 1.86 bits per heavy atom. The number of hydrogen-bond acceptors (Lipinski definition) is 2. The van der Waals surface area contributed by atoms with Crippen LogP contribution in [0.25, 0.3) is 0 Å². The van der Waals surface area contributed by atoms with Gasteiger partial charge in [-0.25, -0.2) is 0 Å². The summed E-state index contributed by atoms with van der Waals surface area (Å²) in [7, 11) is 0. The average molecular weight is 197 g/mol. The Hall–Kier alpha value is -0.0800. The van der Waals surface area contributed by atoms with Gasteiger partial charge in [-0.1, -0.05) is 19.8 Å². The summed E-state index contributed by atoms with van der Waals surface area (Å²) in [5.41, 5.74) is 6.75. The molecule has 1 saturated carbocycles. The molecule has 2 unspecified atom stereocenters. The predicted molar refractivity (Wildman–Crippen MR) is 58.1 cm³/mol. The van der Waals surface area contributed by atoms with Gasteiger partial charge in [0.05, 0.1) is 0 Å². The number of nitrogens with two attached hydrogens (primary N) is 1. The highest BCUT2D eigenvalue weighted by Gasteiger charge is 2.41. The van der Waals surface area contributed by atoms with Crippen LogP contribution in [0.1, 0.15) is 45.4 Å². The van der Waals surface area contributed by atoms with Gasteiger partial charge in [-0.2, -0.15) is 0 Å². The molecule has 2 aliphatic rings. The quantitative estimate of drug-likeness (QED) is 0.700. The third kappa shape index (κ3) is 1.82. The lowest BCUT2D eigenvalue weighted by atomic mass is 9.65. The fraction of sp³-hybridized carbons (Fsp3) is 1.00. The second-order valence-corrected chi connectivity index (χ2v) is 5.15. The summed E-state index contributed by atoms with van der Waals surface area (Å²) >= 11 is 0. The first-order chi connectivity index (χ1) is 6.73. The van der Waals surface area contributed by atoms with Crippen LogP contribution in [0.3, 0.4) is 0 Å². The van der Waals surface area contributed by atoms with Crippen molar-refractivity contribution in [3.05, 3.63) is 0 Å². The third-order valence-electron chi connectivity index (χ3n) is 4.40. The Balaban J connectivity index is 2.03. The fourth-order valence-electron chi connectivity index (χ4n) is 3.24. The summed E-state index contributed by atoms with van der Waals surface area (Å²) in [6.07, 6.45) is 7.63. The molecule has 14 heavy (non-hydrogen) atoms. The highest BCUT2D eigenvalue weighted by Crippen LogP contribution is 2.40. The van der Waals surface area contributed by atoms with Crippen molar-refractivity contribution in [3.8, 4) is 0 Å². The van der Waals surface area contributed by atoms with E-state index >= 15 is 0 Å². The molecule has 0 radical (unpaired) electrons. The molecule has 2 fully saturated rings. The number of ether oxygens (including phenoxy) is 1. The molecule has 2 rings (SSSR count). The normalized spacial score (nSPS) is 41.1. The molecule has 82 valence electrons. The van der Waals surface area contributed by atoms with Gasteiger partial charge in [0.1, 0.15) is 0 Å². The molecule has 0 aromatic heterocycles. The van der Waals surface area contributed by atoms with E-state index in [1.165, 1.54) is 38.5 Å². The molecule has 1 heterocycles. The van der Waals surface area contributed by atoms with Crippen LogP contribution in [0.5, 0.6) is 0 Å². The van der Waals surface area contributed by atoms with Gasteiger partial charge in [0.25, 0.3) is 0 Å². The smallest absolute Gasteiger partial charge is 0.0469 e. The molecule has 2 N–H and O–H groups in total. The molecule has 2 nitrogen and oxygen atoms in total. The summed E-state index contributed by atoms with van der Waals surface area (Å²) in [5, 5.41) is 0. The molecule has 1 aliphatic heterocycles. The highest BCUT2D eigenvalue weighted by atomic mass is 16.5. The summed E-state index contributed by atoms with van der Waals surface area (Å²) in [6, 6.07) is 0. The van der Waals surface area contributed by atoms with E-state index in [4.69, 9.17) is 10.5 Å². The standard InChI is InChI=1S/C12H23NO/c1-10-4-2-3-7-12(10,13)11-5-8-14-9-6-11/h10-11H,2-9,13H2,1H3. The van der Waals surface area contributed by atoms with Gasteiger partial charge < -0.3 is 10.5 Å². The van der Waals surface area contributed by atoms with Crippen LogP contribution in [0.2, 0.25) is 0 Å². The zero-order chi connectivity index (χ0) is 10.0. The molecule has 0 spiro atoms. The second-order valence-electron chi connectivity index (χ2n) is 5.15. The lowest BCUT2D eigenvalue weighted by Gasteiger charge is -2.46. The zero-order valence-corrected chi connectivity index (χ0v) is 9.30. The van der Waals surface area contributed by atoms with Crippen molar-refractivity contribution in [3.63, 3.8) is 0 Å². The summed E-state index contributed by atoms with van der Waals surface area (Å²) < 4.78 is 5.42. The number of hydrogen-bond donors (Lipinski definition) is 1. The zero-order valence-electron chi connectivity index (χ0n) is 9.30. The molecule has 0 amide bonds. The molecular formula is C12H23NO. The van der Waals surface area contributed by atoms with E-state index in [0.29, 0.717) is 11.8 Å². The van der Waals surface area contributed by atoms with Gasteiger partial charge in [-0.05, 0) is 37.5 Å². The lowest BCUT2D eigenvalue weighted by Crippen LogP contribution is -2.55. The van der Waals surface area contributed by atoms with Crippen molar-refractivity contribution < 1.29 is 4.74 Å². The summed E-state index contributed by atoms with van der Waals surface area (Å²) in [5.74, 6) is 1.42. The Labute approximate surface area is 87.2 Å². The minimum absolute atomic E-state index is 0.127. The number of rotatable bonds is 1. The average Bonchev–Trinajstić information content (AvgIpc) is 2.24. The first-order valence-electron chi connectivity index (χ1n) is 6.10. The molecule has 2 heteroatoms. The van der Waals surface area contributed by atoms with Crippen LogP contribution >= 0.6 is 0 Å². The Morgan fingerprint density at radius 1 is 1.14 bits per heavy atom. The van der Waals surface area contributed by atoms with E-state index in [2.05, 4.69) is 6.92 Å². The predicted octanol–water partition coefficient (Wildman–Crippen LogP) is 2.32. The molecule has 1 aliphatic carbocycles. The maximum Gasteiger partial charge on any atom is 0.0469 e. The van der Waals surface area contributed by atoms with Crippen LogP contribution in [0.4, 0.5) is 0 Å². The monoisotopic (exact) mass is 197 g/mol. The minimum atomic E-state index is 0.127. The lowest BCUT2D eigenvalue weighted by molar-refractivity contribution is 0.0116. The maximum absolute atomic E-state index is 6.62. The molecule has 2 atom stereocenters. The van der Waals surface area contributed by atoms with E-state index in [1.54, 1.807) is 0 Å². The van der Waals surface area contributed by atoms with Crippen LogP contribution < -0.4 is 5.73 Å². The van der Waals surface area contributed by atoms with Crippen molar-refractivity contribution in [1.82, 2.24) is 0 Å². The molecule has 0 bridgehead atoms. The summed E-state index contributed by atoms with van der Waals surface area (Å²) in [4.78, 5) is 0. The van der Waals surface area contributed by atoms with Crippen molar-refractivity contribution in [2.24, 2.45) is 17.6 Å². The van der Waals surface area contributed by atoms with Gasteiger partial charge in [0, 0.05) is 18.8 Å². The van der Waals surface area contributed by atoms with E-state index in [9.17, 15) is 0 Å². The molecule has 0 aromatic carbocycles. The van der Waals surface area contributed by atoms with Gasteiger partial charge in [-0.3, -0.25) is 0 Å². The van der Waals surface area contributed by atoms with Crippen LogP contribution in [-0.2, 0) is 4.74 Å². The first kappa shape index (κ1) is 10.4. The van der Waals surface area contributed by atoms with Gasteiger partial charge in [0.2, 0.25) is 0 Å². The van der Waals surface area contributed by atoms with Crippen LogP contribution in [0, 0.1) is 11.8 Å². The van der Waals surface area contributed by atoms with E-state index in [1.807, 2.05) is 0 Å². The summed E-state index contributed by atoms with van der Waals surface area (Å²) in [6.45, 7) is 4.20. The highest BCUT2D eigenvalue weighted by molar-refractivity contribution is 4.98. The van der Waals surface area contributed by atoms with Crippen LogP contribution in [-0.4, -0.2) is 18.8 Å². The van der Waals surface area contributed by atoms with Gasteiger partial charge >= 0.3 is 0 Å². The first-order valence-corrected chi connectivity index (χ1v) is 6.10. The SMILES string of the molecule is CC1CCCCC1(N)C1CCOCC1. The van der Waals surface area contributed by atoms with E-state index in [0.717, 1.165) is 13.2 Å². The van der Waals surface area contributed by atoms with Gasteiger partial charge in [-0.15, -0.1) is 0 Å². The van der Waals surface area contributed by atoms with E-state index in [-0.39, 0.29) is 5.54 Å². The maximum atomic E-state index is 6.62. The molecule has 1 saturated heterocycles. The molecule has 0 aromatic rings. The molecular weight excluding hydrogens is 174 g/mol. The third-order valence-corrected chi connectivity index (χ3v) is 4.40. The van der Waals surface area contributed by atoms with Crippen LogP contribution in [0.15, 0.2) is 0 Å². The Bertz CT molecular complexity index is 189. The van der Waals surface area contributed by atoms with Gasteiger partial charge in [0.15, 0.2) is 0 Å². The minimum Gasteiger partial charge on any atom is -0.381 e.